The van der Waals surface area contributed by atoms with E-state index in [1.54, 1.807) is 0 Å². The van der Waals surface area contributed by atoms with Crippen molar-refractivity contribution in [3.8, 4) is 0 Å². The molecule has 2 aromatic carbocycles. The molecule has 0 unspecified atom stereocenters. The summed E-state index contributed by atoms with van der Waals surface area (Å²) in [6.07, 6.45) is -2.28. The molecule has 1 aliphatic heterocycles. The van der Waals surface area contributed by atoms with Crippen molar-refractivity contribution in [2.45, 2.75) is 44.9 Å². The van der Waals surface area contributed by atoms with Gasteiger partial charge in [-0.2, -0.15) is 13.2 Å². The van der Waals surface area contributed by atoms with Gasteiger partial charge in [0, 0.05) is 34.0 Å². The maximum absolute atomic E-state index is 12.9. The van der Waals surface area contributed by atoms with Crippen LogP contribution in [0.3, 0.4) is 0 Å². The predicted octanol–water partition coefficient (Wildman–Crippen LogP) is 7.01. The fourth-order valence-electron chi connectivity index (χ4n) is 4.82. The Kier molecular flexibility index (Phi) is 4.49. The van der Waals surface area contributed by atoms with Crippen LogP contribution in [-0.2, 0) is 23.0 Å². The van der Waals surface area contributed by atoms with E-state index in [1.807, 2.05) is 18.2 Å². The molecule has 31 heavy (non-hydrogen) atoms. The smallest absolute Gasteiger partial charge is 0.384 e. The van der Waals surface area contributed by atoms with Gasteiger partial charge in [-0.1, -0.05) is 47.1 Å². The molecule has 0 radical (unpaired) electrons. The number of pyridine rings is 1. The highest BCUT2D eigenvalue weighted by Crippen LogP contribution is 2.51. The van der Waals surface area contributed by atoms with Gasteiger partial charge in [-0.25, -0.2) is 0 Å². The zero-order valence-corrected chi connectivity index (χ0v) is 18.6. The molecule has 2 heterocycles. The minimum absolute atomic E-state index is 0.0475. The predicted molar refractivity (Wildman–Crippen MR) is 117 cm³/mol. The van der Waals surface area contributed by atoms with E-state index in [4.69, 9.17) is 9.82 Å². The third-order valence-corrected chi connectivity index (χ3v) is 6.58. The highest BCUT2D eigenvalue weighted by molar-refractivity contribution is 9.10. The third-order valence-electron chi connectivity index (χ3n) is 6.09. The molecule has 1 spiro atoms. The number of benzene rings is 2. The molecule has 160 valence electrons. The summed E-state index contributed by atoms with van der Waals surface area (Å²) in [5.41, 5.74) is 2.86. The second kappa shape index (κ2) is 6.79. The first-order valence-corrected chi connectivity index (χ1v) is 10.9. The van der Waals surface area contributed by atoms with Crippen LogP contribution in [0.15, 0.2) is 58.2 Å². The van der Waals surface area contributed by atoms with Crippen LogP contribution in [0.1, 0.15) is 49.1 Å². The lowest BCUT2D eigenvalue weighted by molar-refractivity contribution is -0.137. The van der Waals surface area contributed by atoms with Crippen molar-refractivity contribution in [3.63, 3.8) is 0 Å². The molecule has 3 aromatic rings. The molecule has 0 fully saturated rings. The van der Waals surface area contributed by atoms with Crippen LogP contribution >= 0.6 is 15.9 Å². The van der Waals surface area contributed by atoms with Gasteiger partial charge in [0.05, 0.1) is 16.8 Å². The van der Waals surface area contributed by atoms with E-state index >= 15 is 0 Å². The molecule has 5 rings (SSSR count). The molecule has 3 nitrogen and oxygen atoms in total. The standard InChI is InChI=1S/C24H20BrF3N2O/c1-22(2)11-21-18(10-15-9-17(25)7-8-19(15)29-21)23(13-22)12-20(30-31-23)14-3-5-16(6-4-14)24(26,27)28/h3-10H,11-13H2,1-2H3/t23-/m1/s1. The Bertz CT molecular complexity index is 1220. The van der Waals surface area contributed by atoms with E-state index in [-0.39, 0.29) is 5.41 Å². The largest absolute Gasteiger partial charge is 0.416 e. The minimum Gasteiger partial charge on any atom is -0.384 e. The zero-order chi connectivity index (χ0) is 22.0. The van der Waals surface area contributed by atoms with Gasteiger partial charge in [-0.15, -0.1) is 0 Å². The number of rotatable bonds is 1. The molecular formula is C24H20BrF3N2O. The van der Waals surface area contributed by atoms with Gasteiger partial charge in [-0.3, -0.25) is 4.98 Å². The number of aromatic nitrogens is 1. The molecule has 0 amide bonds. The minimum atomic E-state index is -4.36. The first kappa shape index (κ1) is 20.5. The second-order valence-electron chi connectivity index (χ2n) is 9.21. The van der Waals surface area contributed by atoms with Gasteiger partial charge in [0.2, 0.25) is 0 Å². The molecule has 1 atom stereocenters. The lowest BCUT2D eigenvalue weighted by Gasteiger charge is -2.41. The highest BCUT2D eigenvalue weighted by Gasteiger charge is 2.50. The highest BCUT2D eigenvalue weighted by atomic mass is 79.9. The Morgan fingerprint density at radius 3 is 2.45 bits per heavy atom. The third kappa shape index (κ3) is 3.63. The Morgan fingerprint density at radius 2 is 1.74 bits per heavy atom. The average molecular weight is 489 g/mol. The van der Waals surface area contributed by atoms with Gasteiger partial charge in [-0.05, 0) is 53.8 Å². The Balaban J connectivity index is 1.55. The van der Waals surface area contributed by atoms with Gasteiger partial charge in [0.1, 0.15) is 0 Å². The van der Waals surface area contributed by atoms with Crippen molar-refractivity contribution in [1.29, 1.82) is 0 Å². The van der Waals surface area contributed by atoms with E-state index in [1.165, 1.54) is 12.1 Å². The lowest BCUT2D eigenvalue weighted by Crippen LogP contribution is -2.40. The molecule has 0 bridgehead atoms. The summed E-state index contributed by atoms with van der Waals surface area (Å²) in [6.45, 7) is 4.37. The maximum Gasteiger partial charge on any atom is 0.416 e. The maximum atomic E-state index is 12.9. The molecule has 1 aliphatic carbocycles. The summed E-state index contributed by atoms with van der Waals surface area (Å²) in [5, 5.41) is 5.35. The van der Waals surface area contributed by atoms with Crippen molar-refractivity contribution in [2.24, 2.45) is 10.6 Å². The summed E-state index contributed by atoms with van der Waals surface area (Å²) in [4.78, 5) is 11.0. The summed E-state index contributed by atoms with van der Waals surface area (Å²) in [7, 11) is 0. The SMILES string of the molecule is CC1(C)Cc2nc3ccc(Br)cc3cc2[C@@]2(CC(c3ccc(C(F)(F)F)cc3)=NO2)C1. The lowest BCUT2D eigenvalue weighted by atomic mass is 9.66. The fourth-order valence-corrected chi connectivity index (χ4v) is 5.20. The van der Waals surface area contributed by atoms with Crippen LogP contribution in [0, 0.1) is 5.41 Å². The number of fused-ring (bicyclic) bond motifs is 3. The van der Waals surface area contributed by atoms with Gasteiger partial charge in [0.15, 0.2) is 5.60 Å². The van der Waals surface area contributed by atoms with Crippen molar-refractivity contribution in [3.05, 3.63) is 75.4 Å². The molecule has 0 saturated carbocycles. The Morgan fingerprint density at radius 1 is 1.00 bits per heavy atom. The Hall–Kier alpha value is -2.41. The van der Waals surface area contributed by atoms with E-state index in [0.29, 0.717) is 17.7 Å². The monoisotopic (exact) mass is 488 g/mol. The fraction of sp³-hybridized carbons (Fsp3) is 0.333. The van der Waals surface area contributed by atoms with E-state index < -0.39 is 17.3 Å². The first-order valence-electron chi connectivity index (χ1n) is 10.1. The number of nitrogens with zero attached hydrogens (tertiary/aromatic N) is 2. The summed E-state index contributed by atoms with van der Waals surface area (Å²) in [5.74, 6) is 0. The van der Waals surface area contributed by atoms with Crippen LogP contribution < -0.4 is 0 Å². The van der Waals surface area contributed by atoms with E-state index in [2.05, 4.69) is 41.0 Å². The number of alkyl halides is 3. The summed E-state index contributed by atoms with van der Waals surface area (Å²) >= 11 is 3.52. The molecular weight excluding hydrogens is 469 g/mol. The van der Waals surface area contributed by atoms with Crippen LogP contribution in [0.4, 0.5) is 13.2 Å². The summed E-state index contributed by atoms with van der Waals surface area (Å²) < 4.78 is 39.7. The topological polar surface area (TPSA) is 34.5 Å². The van der Waals surface area contributed by atoms with Gasteiger partial charge in [0.25, 0.3) is 0 Å². The van der Waals surface area contributed by atoms with Crippen LogP contribution in [0.25, 0.3) is 10.9 Å². The molecule has 7 heteroatoms. The molecule has 0 saturated heterocycles. The van der Waals surface area contributed by atoms with Crippen molar-refractivity contribution in [2.75, 3.05) is 0 Å². The molecule has 0 N–H and O–H groups in total. The number of hydrogen-bond donors (Lipinski definition) is 0. The zero-order valence-electron chi connectivity index (χ0n) is 17.1. The Labute approximate surface area is 186 Å². The van der Waals surface area contributed by atoms with Crippen LogP contribution in [0.5, 0.6) is 0 Å². The van der Waals surface area contributed by atoms with E-state index in [9.17, 15) is 13.2 Å². The molecule has 2 aliphatic rings. The quantitative estimate of drug-likeness (QED) is 0.369. The first-order chi connectivity index (χ1) is 14.5. The summed E-state index contributed by atoms with van der Waals surface area (Å²) in [6, 6.07) is 13.2. The van der Waals surface area contributed by atoms with Crippen molar-refractivity contribution in [1.82, 2.24) is 4.98 Å². The van der Waals surface area contributed by atoms with Crippen molar-refractivity contribution < 1.29 is 18.0 Å². The normalized spacial score (nSPS) is 22.3. The number of halogens is 4. The average Bonchev–Trinajstić information content (AvgIpc) is 3.10. The number of oxime groups is 1. The second-order valence-corrected chi connectivity index (χ2v) is 10.1. The van der Waals surface area contributed by atoms with Crippen LogP contribution in [-0.4, -0.2) is 10.7 Å². The number of hydrogen-bond acceptors (Lipinski definition) is 3. The van der Waals surface area contributed by atoms with Gasteiger partial charge < -0.3 is 4.84 Å². The van der Waals surface area contributed by atoms with Crippen LogP contribution in [0.2, 0.25) is 0 Å². The van der Waals surface area contributed by atoms with Crippen molar-refractivity contribution >= 4 is 32.5 Å². The molecule has 1 aromatic heterocycles. The van der Waals surface area contributed by atoms with E-state index in [0.717, 1.165) is 51.6 Å². The van der Waals surface area contributed by atoms with Gasteiger partial charge >= 0.3 is 6.18 Å².